The highest BCUT2D eigenvalue weighted by atomic mass is 19.4. The Morgan fingerprint density at radius 2 is 1.69 bits per heavy atom. The topological polar surface area (TPSA) is 107 Å². The van der Waals surface area contributed by atoms with Crippen LogP contribution in [0.4, 0.5) is 19.1 Å². The molecule has 39 heavy (non-hydrogen) atoms. The molecule has 1 fully saturated rings. The van der Waals surface area contributed by atoms with Crippen LogP contribution >= 0.6 is 0 Å². The van der Waals surface area contributed by atoms with Crippen molar-refractivity contribution in [2.45, 2.75) is 65.0 Å². The number of carbonyl (C=O) groups is 1. The molecule has 1 atom stereocenters. The fraction of sp³-hybridized carbons (Fsp3) is 0.480. The van der Waals surface area contributed by atoms with Gasteiger partial charge >= 0.3 is 13.3 Å². The second kappa shape index (κ2) is 10.6. The number of rotatable bonds is 8. The molecule has 2 aromatic heterocycles. The highest BCUT2D eigenvalue weighted by molar-refractivity contribution is 6.62. The minimum Gasteiger partial charge on any atom is -0.399 e. The number of halogens is 3. The van der Waals surface area contributed by atoms with Crippen molar-refractivity contribution in [3.05, 3.63) is 54.1 Å². The molecule has 208 valence electrons. The monoisotopic (exact) mass is 545 g/mol. The van der Waals surface area contributed by atoms with E-state index >= 15 is 0 Å². The molecule has 3 aromatic rings. The zero-order valence-corrected chi connectivity index (χ0v) is 22.7. The summed E-state index contributed by atoms with van der Waals surface area (Å²) in [7, 11) is -0.674. The number of alkyl halides is 3. The van der Waals surface area contributed by atoms with E-state index in [1.807, 2.05) is 47.6 Å². The zero-order chi connectivity index (χ0) is 28.6. The van der Waals surface area contributed by atoms with Crippen molar-refractivity contribution in [3.8, 4) is 5.69 Å². The molecule has 1 aliphatic rings. The van der Waals surface area contributed by atoms with Gasteiger partial charge in [-0.1, -0.05) is 6.07 Å². The molecular formula is C25H31BF3N7O3. The Morgan fingerprint density at radius 3 is 2.23 bits per heavy atom. The summed E-state index contributed by atoms with van der Waals surface area (Å²) < 4.78 is 50.8. The van der Waals surface area contributed by atoms with Crippen LogP contribution in [0, 0.1) is 0 Å². The fourth-order valence-corrected chi connectivity index (χ4v) is 4.09. The largest absolute Gasteiger partial charge is 0.494 e. The lowest BCUT2D eigenvalue weighted by Gasteiger charge is -2.32. The summed E-state index contributed by atoms with van der Waals surface area (Å²) in [5.74, 6) is -0.256. The molecule has 0 unspecified atom stereocenters. The Kier molecular flexibility index (Phi) is 7.72. The molecule has 1 aliphatic heterocycles. The molecule has 1 amide bonds. The van der Waals surface area contributed by atoms with Crippen molar-refractivity contribution in [2.75, 3.05) is 18.4 Å². The number of carbonyl (C=O) groups excluding carboxylic acids is 1. The predicted octanol–water partition coefficient (Wildman–Crippen LogP) is 3.34. The van der Waals surface area contributed by atoms with Crippen LogP contribution in [0.25, 0.3) is 5.69 Å². The van der Waals surface area contributed by atoms with Gasteiger partial charge in [-0.3, -0.25) is 4.79 Å². The van der Waals surface area contributed by atoms with Crippen molar-refractivity contribution in [1.82, 2.24) is 29.9 Å². The standard InChI is InChI=1S/C25H31BF3N7O3/c1-7-35(16(2)13-30-22-31-14-17(15-32-22)25(27,28)29)21(37)19-12-18(8-9-20(19)36-33-10-11-34-36)26-38-23(3,4)24(5,6)39-26/h8-12,14-16H,7,13H2,1-6H3,(H,30,31,32)/t16-/m0/s1. The van der Waals surface area contributed by atoms with Gasteiger partial charge in [-0.15, -0.1) is 0 Å². The lowest BCUT2D eigenvalue weighted by molar-refractivity contribution is -0.138. The molecule has 1 N–H and O–H groups in total. The van der Waals surface area contributed by atoms with Gasteiger partial charge in [-0.25, -0.2) is 9.97 Å². The van der Waals surface area contributed by atoms with Crippen LogP contribution in [-0.2, 0) is 15.5 Å². The maximum Gasteiger partial charge on any atom is 0.494 e. The summed E-state index contributed by atoms with van der Waals surface area (Å²) in [6.45, 7) is 12.0. The number of nitrogens with one attached hydrogen (secondary N) is 1. The Morgan fingerprint density at radius 1 is 1.10 bits per heavy atom. The number of hydrogen-bond donors (Lipinski definition) is 1. The van der Waals surface area contributed by atoms with Crippen LogP contribution in [0.2, 0.25) is 0 Å². The fourth-order valence-electron chi connectivity index (χ4n) is 4.09. The highest BCUT2D eigenvalue weighted by Gasteiger charge is 2.52. The minimum absolute atomic E-state index is 0.0301. The quantitative estimate of drug-likeness (QED) is 0.430. The molecule has 1 aromatic carbocycles. The first-order valence-corrected chi connectivity index (χ1v) is 12.5. The molecule has 3 heterocycles. The molecule has 1 saturated heterocycles. The molecule has 0 spiro atoms. The average molecular weight is 545 g/mol. The third kappa shape index (κ3) is 5.91. The van der Waals surface area contributed by atoms with E-state index in [1.54, 1.807) is 17.0 Å². The zero-order valence-electron chi connectivity index (χ0n) is 22.7. The summed E-state index contributed by atoms with van der Waals surface area (Å²) in [6.07, 6.45) is -0.0527. The summed E-state index contributed by atoms with van der Waals surface area (Å²) in [6, 6.07) is 4.93. The van der Waals surface area contributed by atoms with Crippen molar-refractivity contribution >= 4 is 24.4 Å². The second-order valence-corrected chi connectivity index (χ2v) is 10.3. The molecule has 0 radical (unpaired) electrons. The van der Waals surface area contributed by atoms with E-state index in [-0.39, 0.29) is 24.4 Å². The van der Waals surface area contributed by atoms with Crippen LogP contribution in [0.3, 0.4) is 0 Å². The molecule has 0 saturated carbocycles. The van der Waals surface area contributed by atoms with E-state index < -0.39 is 30.1 Å². The van der Waals surface area contributed by atoms with Crippen molar-refractivity contribution in [1.29, 1.82) is 0 Å². The molecule has 14 heteroatoms. The van der Waals surface area contributed by atoms with E-state index in [9.17, 15) is 18.0 Å². The first kappa shape index (κ1) is 28.5. The molecular weight excluding hydrogens is 514 g/mol. The molecule has 10 nitrogen and oxygen atoms in total. The number of benzene rings is 1. The SMILES string of the molecule is CCN(C(=O)c1cc(B2OC(C)(C)C(C)(C)O2)ccc1-n1nccn1)[C@@H](C)CNc1ncc(C(F)(F)F)cn1. The lowest BCUT2D eigenvalue weighted by Crippen LogP contribution is -2.43. The smallest absolute Gasteiger partial charge is 0.399 e. The Hall–Kier alpha value is -3.52. The van der Waals surface area contributed by atoms with Gasteiger partial charge in [0, 0.05) is 31.5 Å². The number of hydrogen-bond acceptors (Lipinski definition) is 8. The van der Waals surface area contributed by atoms with Gasteiger partial charge in [0.1, 0.15) is 0 Å². The number of amides is 1. The van der Waals surface area contributed by atoms with Crippen LogP contribution in [0.1, 0.15) is 57.5 Å². The third-order valence-corrected chi connectivity index (χ3v) is 7.08. The maximum absolute atomic E-state index is 13.9. The second-order valence-electron chi connectivity index (χ2n) is 10.3. The summed E-state index contributed by atoms with van der Waals surface area (Å²) >= 11 is 0. The molecule has 0 aliphatic carbocycles. The van der Waals surface area contributed by atoms with Crippen LogP contribution < -0.4 is 10.8 Å². The van der Waals surface area contributed by atoms with Gasteiger partial charge in [-0.05, 0) is 59.1 Å². The Balaban J connectivity index is 1.58. The Bertz CT molecular complexity index is 1290. The van der Waals surface area contributed by atoms with E-state index in [0.717, 1.165) is 0 Å². The summed E-state index contributed by atoms with van der Waals surface area (Å²) in [5.41, 5.74) is -0.547. The maximum atomic E-state index is 13.9. The summed E-state index contributed by atoms with van der Waals surface area (Å²) in [5, 5.41) is 11.3. The van der Waals surface area contributed by atoms with E-state index in [4.69, 9.17) is 9.31 Å². The van der Waals surface area contributed by atoms with Crippen molar-refractivity contribution < 1.29 is 27.3 Å². The average Bonchev–Trinajstić information content (AvgIpc) is 3.48. The van der Waals surface area contributed by atoms with Gasteiger partial charge < -0.3 is 19.5 Å². The lowest BCUT2D eigenvalue weighted by atomic mass is 9.78. The van der Waals surface area contributed by atoms with Gasteiger partial charge in [0.15, 0.2) is 0 Å². The van der Waals surface area contributed by atoms with Crippen molar-refractivity contribution in [2.24, 2.45) is 0 Å². The van der Waals surface area contributed by atoms with Crippen molar-refractivity contribution in [3.63, 3.8) is 0 Å². The minimum atomic E-state index is -4.52. The summed E-state index contributed by atoms with van der Waals surface area (Å²) in [4.78, 5) is 24.4. The van der Waals surface area contributed by atoms with Gasteiger partial charge in [0.25, 0.3) is 5.91 Å². The number of nitrogens with zero attached hydrogens (tertiary/aromatic N) is 6. The highest BCUT2D eigenvalue weighted by Crippen LogP contribution is 2.36. The van der Waals surface area contributed by atoms with Crippen LogP contribution in [-0.4, -0.2) is 73.2 Å². The van der Waals surface area contributed by atoms with Crippen LogP contribution in [0.15, 0.2) is 43.0 Å². The third-order valence-electron chi connectivity index (χ3n) is 7.08. The van der Waals surface area contributed by atoms with Gasteiger partial charge in [0.2, 0.25) is 5.95 Å². The van der Waals surface area contributed by atoms with E-state index in [2.05, 4.69) is 25.5 Å². The van der Waals surface area contributed by atoms with Gasteiger partial charge in [-0.2, -0.15) is 28.2 Å². The number of aromatic nitrogens is 5. The normalized spacial score (nSPS) is 17.2. The molecule has 4 rings (SSSR count). The first-order valence-electron chi connectivity index (χ1n) is 12.5. The Labute approximate surface area is 225 Å². The number of anilines is 1. The van der Waals surface area contributed by atoms with Crippen LogP contribution in [0.5, 0.6) is 0 Å². The van der Waals surface area contributed by atoms with E-state index in [0.29, 0.717) is 35.7 Å². The first-order chi connectivity index (χ1) is 18.2. The van der Waals surface area contributed by atoms with E-state index in [1.165, 1.54) is 17.2 Å². The molecule has 0 bridgehead atoms. The number of likely N-dealkylation sites (N-methyl/N-ethyl adjacent to an activating group) is 1. The predicted molar refractivity (Wildman–Crippen MR) is 139 cm³/mol. The van der Waals surface area contributed by atoms with Gasteiger partial charge in [0.05, 0.1) is 40.4 Å².